The Morgan fingerprint density at radius 2 is 2.00 bits per heavy atom. The number of hydrogen-bond acceptors (Lipinski definition) is 1. The van der Waals surface area contributed by atoms with Crippen molar-refractivity contribution in [2.45, 2.75) is 6.16 Å². The first-order chi connectivity index (χ1) is 5.70. The highest BCUT2D eigenvalue weighted by Gasteiger charge is 2.12. The average molecular weight is 247 g/mol. The maximum absolute atomic E-state index is 10.5. The second kappa shape index (κ2) is 4.58. The summed E-state index contributed by atoms with van der Waals surface area (Å²) in [6, 6.07) is 9.60. The number of rotatable bonds is 3. The minimum absolute atomic E-state index is 0.589. The SMILES string of the molecule is O=C(O)P(Br)Cc1ccccc1. The van der Waals surface area contributed by atoms with Gasteiger partial charge >= 0.3 is 5.71 Å². The van der Waals surface area contributed by atoms with E-state index in [1.165, 1.54) is 0 Å². The quantitative estimate of drug-likeness (QED) is 0.827. The molecule has 0 radical (unpaired) electrons. The van der Waals surface area contributed by atoms with Crippen molar-refractivity contribution in [3.05, 3.63) is 35.9 Å². The van der Waals surface area contributed by atoms with Crippen LogP contribution in [0.4, 0.5) is 4.79 Å². The fourth-order valence-corrected chi connectivity index (χ4v) is 2.35. The molecule has 0 saturated carbocycles. The highest BCUT2D eigenvalue weighted by Crippen LogP contribution is 2.47. The predicted octanol–water partition coefficient (Wildman–Crippen LogP) is 3.66. The maximum Gasteiger partial charge on any atom is 0.335 e. The lowest BCUT2D eigenvalue weighted by atomic mass is 10.2. The van der Waals surface area contributed by atoms with Crippen LogP contribution in [0.1, 0.15) is 5.56 Å². The van der Waals surface area contributed by atoms with Crippen molar-refractivity contribution in [1.82, 2.24) is 0 Å². The number of carboxylic acid groups (broad SMARTS) is 1. The zero-order valence-electron chi connectivity index (χ0n) is 6.27. The Morgan fingerprint density at radius 3 is 2.50 bits per heavy atom. The van der Waals surface area contributed by atoms with Crippen LogP contribution in [0.25, 0.3) is 0 Å². The summed E-state index contributed by atoms with van der Waals surface area (Å²) < 4.78 is 0. The summed E-state index contributed by atoms with van der Waals surface area (Å²) in [5.74, 6) is 0. The van der Waals surface area contributed by atoms with Crippen LogP contribution in [0.5, 0.6) is 0 Å². The van der Waals surface area contributed by atoms with Gasteiger partial charge in [-0.05, 0) is 21.1 Å². The molecule has 2 nitrogen and oxygen atoms in total. The van der Waals surface area contributed by atoms with Crippen molar-refractivity contribution >= 4 is 27.8 Å². The molecule has 0 aromatic heterocycles. The smallest absolute Gasteiger partial charge is 0.335 e. The van der Waals surface area contributed by atoms with E-state index in [1.54, 1.807) is 0 Å². The van der Waals surface area contributed by atoms with Crippen molar-refractivity contribution in [2.24, 2.45) is 0 Å². The first kappa shape index (κ1) is 9.69. The number of benzene rings is 1. The van der Waals surface area contributed by atoms with Crippen molar-refractivity contribution in [3.8, 4) is 0 Å². The zero-order valence-corrected chi connectivity index (χ0v) is 8.75. The Kier molecular flexibility index (Phi) is 3.70. The van der Waals surface area contributed by atoms with Gasteiger partial charge in [0.1, 0.15) is 0 Å². The van der Waals surface area contributed by atoms with E-state index in [-0.39, 0.29) is 0 Å². The molecular weight excluding hydrogens is 239 g/mol. The molecule has 0 heterocycles. The van der Waals surface area contributed by atoms with Gasteiger partial charge in [-0.25, -0.2) is 4.79 Å². The third-order valence-corrected chi connectivity index (χ3v) is 4.09. The van der Waals surface area contributed by atoms with Gasteiger partial charge in [0, 0.05) is 6.16 Å². The Morgan fingerprint density at radius 1 is 1.42 bits per heavy atom. The summed E-state index contributed by atoms with van der Waals surface area (Å²) in [6.45, 7) is -1.09. The van der Waals surface area contributed by atoms with Gasteiger partial charge in [0.15, 0.2) is 0 Å². The van der Waals surface area contributed by atoms with Crippen molar-refractivity contribution < 1.29 is 9.90 Å². The van der Waals surface area contributed by atoms with Gasteiger partial charge in [0.25, 0.3) is 0 Å². The lowest BCUT2D eigenvalue weighted by molar-refractivity contribution is 0.221. The minimum atomic E-state index is -1.09. The molecule has 1 aromatic carbocycles. The summed E-state index contributed by atoms with van der Waals surface area (Å²) in [7, 11) is 0. The molecule has 1 aromatic rings. The van der Waals surface area contributed by atoms with E-state index in [0.717, 1.165) is 5.56 Å². The first-order valence-electron chi connectivity index (χ1n) is 3.40. The van der Waals surface area contributed by atoms with Gasteiger partial charge in [-0.15, -0.1) is 0 Å². The van der Waals surface area contributed by atoms with Crippen LogP contribution in [0.2, 0.25) is 0 Å². The van der Waals surface area contributed by atoms with Gasteiger partial charge in [0.2, 0.25) is 0 Å². The molecular formula is C8H8BrO2P. The number of carbonyl (C=O) groups is 1. The van der Waals surface area contributed by atoms with Crippen LogP contribution in [-0.4, -0.2) is 10.8 Å². The molecule has 0 aliphatic carbocycles. The zero-order chi connectivity index (χ0) is 8.97. The Hall–Kier alpha value is -0.400. The number of halogens is 1. The first-order valence-corrected chi connectivity index (χ1v) is 6.95. The molecule has 1 atom stereocenters. The molecule has 0 saturated heterocycles. The highest BCUT2D eigenvalue weighted by atomic mass is 79.9. The molecule has 0 amide bonds. The summed E-state index contributed by atoms with van der Waals surface area (Å²) in [5, 5.41) is 8.63. The lowest BCUT2D eigenvalue weighted by Gasteiger charge is -2.03. The van der Waals surface area contributed by atoms with E-state index < -0.39 is 12.3 Å². The summed E-state index contributed by atoms with van der Waals surface area (Å²) in [5.41, 5.74) is 0.303. The lowest BCUT2D eigenvalue weighted by Crippen LogP contribution is -1.87. The van der Waals surface area contributed by atoms with Crippen LogP contribution in [0.3, 0.4) is 0 Å². The van der Waals surface area contributed by atoms with Gasteiger partial charge < -0.3 is 5.11 Å². The minimum Gasteiger partial charge on any atom is -0.478 e. The maximum atomic E-state index is 10.5. The second-order valence-electron chi connectivity index (χ2n) is 2.29. The summed E-state index contributed by atoms with van der Waals surface area (Å²) in [4.78, 5) is 10.5. The summed E-state index contributed by atoms with van der Waals surface area (Å²) >= 11 is 3.14. The van der Waals surface area contributed by atoms with Crippen molar-refractivity contribution in [1.29, 1.82) is 0 Å². The van der Waals surface area contributed by atoms with E-state index >= 15 is 0 Å². The average Bonchev–Trinajstić information content (AvgIpc) is 2.06. The fourth-order valence-electron chi connectivity index (χ4n) is 0.811. The molecule has 0 fully saturated rings. The van der Waals surface area contributed by atoms with Crippen LogP contribution in [0, 0.1) is 0 Å². The van der Waals surface area contributed by atoms with Gasteiger partial charge in [-0.3, -0.25) is 0 Å². The van der Waals surface area contributed by atoms with Crippen molar-refractivity contribution in [3.63, 3.8) is 0 Å². The third kappa shape index (κ3) is 2.92. The van der Waals surface area contributed by atoms with Crippen LogP contribution in [-0.2, 0) is 6.16 Å². The largest absolute Gasteiger partial charge is 0.478 e. The fraction of sp³-hybridized carbons (Fsp3) is 0.125. The second-order valence-corrected chi connectivity index (χ2v) is 6.28. The van der Waals surface area contributed by atoms with E-state index in [0.29, 0.717) is 6.16 Å². The molecule has 1 N–H and O–H groups in total. The predicted molar refractivity (Wildman–Crippen MR) is 54.0 cm³/mol. The molecule has 0 aliphatic heterocycles. The molecule has 4 heteroatoms. The standard InChI is InChI=1S/C8H8BrO2P/c9-12(8(10)11)6-7-4-2-1-3-5-7/h1-5H,6H2,(H,10,11). The van der Waals surface area contributed by atoms with Crippen LogP contribution in [0.15, 0.2) is 30.3 Å². The van der Waals surface area contributed by atoms with Gasteiger partial charge in [0.05, 0.1) is 6.62 Å². The summed E-state index contributed by atoms with van der Waals surface area (Å²) in [6.07, 6.45) is 0.589. The van der Waals surface area contributed by atoms with E-state index in [4.69, 9.17) is 5.11 Å². The van der Waals surface area contributed by atoms with Crippen LogP contribution < -0.4 is 0 Å². The van der Waals surface area contributed by atoms with Gasteiger partial charge in [-0.2, -0.15) is 0 Å². The molecule has 1 rings (SSSR count). The molecule has 0 aliphatic rings. The third-order valence-electron chi connectivity index (χ3n) is 1.37. The highest BCUT2D eigenvalue weighted by molar-refractivity contribution is 9.40. The van der Waals surface area contributed by atoms with Crippen molar-refractivity contribution in [2.75, 3.05) is 0 Å². The Balaban J connectivity index is 2.58. The molecule has 64 valence electrons. The Bertz CT molecular complexity index is 263. The topological polar surface area (TPSA) is 37.3 Å². The van der Waals surface area contributed by atoms with Crippen LogP contribution >= 0.6 is 22.1 Å². The van der Waals surface area contributed by atoms with E-state index in [1.807, 2.05) is 30.3 Å². The van der Waals surface area contributed by atoms with Gasteiger partial charge in [-0.1, -0.05) is 30.3 Å². The Labute approximate surface area is 80.1 Å². The molecule has 1 unspecified atom stereocenters. The van der Waals surface area contributed by atoms with E-state index in [9.17, 15) is 4.79 Å². The van der Waals surface area contributed by atoms with E-state index in [2.05, 4.69) is 15.5 Å². The monoisotopic (exact) mass is 246 g/mol. The number of hydrogen-bond donors (Lipinski definition) is 1. The molecule has 12 heavy (non-hydrogen) atoms. The normalized spacial score (nSPS) is 12.4. The molecule has 0 bridgehead atoms. The molecule has 0 spiro atoms.